The molecule has 0 bridgehead atoms. The van der Waals surface area contributed by atoms with E-state index in [1.165, 1.54) is 25.1 Å². The summed E-state index contributed by atoms with van der Waals surface area (Å²) in [4.78, 5) is 32.9. The first-order chi connectivity index (χ1) is 14.5. The molecule has 2 aromatic rings. The number of benzene rings is 1. The predicted molar refractivity (Wildman–Crippen MR) is 103 cm³/mol. The molecule has 0 aliphatic carbocycles. The summed E-state index contributed by atoms with van der Waals surface area (Å²) < 4.78 is 46.1. The third-order valence-electron chi connectivity index (χ3n) is 4.25. The van der Waals surface area contributed by atoms with Crippen molar-refractivity contribution in [2.75, 3.05) is 23.3 Å². The third kappa shape index (κ3) is 5.87. The smallest absolute Gasteiger partial charge is 0.487 e. The van der Waals surface area contributed by atoms with Gasteiger partial charge >= 0.3 is 6.36 Å². The second kappa shape index (κ2) is 8.53. The molecule has 1 aliphatic heterocycles. The first-order valence-corrected chi connectivity index (χ1v) is 9.02. The lowest BCUT2D eigenvalue weighted by Gasteiger charge is -2.39. The molecule has 0 spiro atoms. The number of carbonyl (C=O) groups is 2. The highest BCUT2D eigenvalue weighted by molar-refractivity contribution is 5.92. The summed E-state index contributed by atoms with van der Waals surface area (Å²) in [5, 5.41) is 2.77. The lowest BCUT2D eigenvalue weighted by molar-refractivity contribution is -0.274. The average Bonchev–Trinajstić information content (AvgIpc) is 2.64. The van der Waals surface area contributed by atoms with E-state index < -0.39 is 24.2 Å². The van der Waals surface area contributed by atoms with Crippen molar-refractivity contribution >= 4 is 23.6 Å². The van der Waals surface area contributed by atoms with Crippen LogP contribution in [-0.2, 0) is 4.79 Å². The number of ether oxygens (including phenoxy) is 2. The van der Waals surface area contributed by atoms with Crippen molar-refractivity contribution in [1.82, 2.24) is 9.97 Å². The second-order valence-corrected chi connectivity index (χ2v) is 6.74. The van der Waals surface area contributed by atoms with Crippen molar-refractivity contribution in [2.24, 2.45) is 11.5 Å². The number of nitrogens with zero attached hydrogens (tertiary/aromatic N) is 3. The van der Waals surface area contributed by atoms with Crippen LogP contribution in [0.5, 0.6) is 11.5 Å². The fourth-order valence-electron chi connectivity index (χ4n) is 2.66. The molecule has 2 heterocycles. The van der Waals surface area contributed by atoms with E-state index in [9.17, 15) is 22.8 Å². The van der Waals surface area contributed by atoms with Gasteiger partial charge in [-0.05, 0) is 31.2 Å². The van der Waals surface area contributed by atoms with Gasteiger partial charge in [-0.25, -0.2) is 4.98 Å². The fraction of sp³-hybridized carbons (Fsp3) is 0.333. The van der Waals surface area contributed by atoms with Crippen molar-refractivity contribution in [2.45, 2.75) is 25.4 Å². The van der Waals surface area contributed by atoms with Crippen LogP contribution in [0.3, 0.4) is 0 Å². The van der Waals surface area contributed by atoms with E-state index in [0.29, 0.717) is 18.8 Å². The molecule has 1 fully saturated rings. The van der Waals surface area contributed by atoms with Crippen LogP contribution in [-0.4, -0.2) is 53.4 Å². The molecule has 1 atom stereocenters. The molecule has 0 saturated carbocycles. The highest BCUT2D eigenvalue weighted by atomic mass is 19.4. The molecule has 1 aliphatic rings. The van der Waals surface area contributed by atoms with E-state index in [-0.39, 0.29) is 29.3 Å². The van der Waals surface area contributed by atoms with Gasteiger partial charge in [0.2, 0.25) is 11.9 Å². The van der Waals surface area contributed by atoms with Crippen molar-refractivity contribution < 1.29 is 32.2 Å². The topological polar surface area (TPSA) is 146 Å². The number of primary amides is 2. The number of hydrogen-bond acceptors (Lipinski definition) is 8. The zero-order valence-corrected chi connectivity index (χ0v) is 16.2. The molecule has 31 heavy (non-hydrogen) atoms. The first kappa shape index (κ1) is 21.9. The van der Waals surface area contributed by atoms with Gasteiger partial charge in [0.05, 0.1) is 13.1 Å². The van der Waals surface area contributed by atoms with Crippen molar-refractivity contribution in [3.05, 3.63) is 36.0 Å². The summed E-state index contributed by atoms with van der Waals surface area (Å²) in [6.45, 7) is 2.24. The number of nitrogens with one attached hydrogen (secondary N) is 1. The molecular formula is C18H19F3N6O4. The molecule has 2 amide bonds. The Morgan fingerprint density at radius 3 is 2.32 bits per heavy atom. The van der Waals surface area contributed by atoms with Crippen molar-refractivity contribution in [1.29, 1.82) is 0 Å². The number of amides is 2. The zero-order valence-electron chi connectivity index (χ0n) is 16.2. The van der Waals surface area contributed by atoms with Crippen LogP contribution < -0.4 is 31.2 Å². The van der Waals surface area contributed by atoms with Crippen LogP contribution in [0.15, 0.2) is 30.3 Å². The van der Waals surface area contributed by atoms with E-state index in [1.807, 2.05) is 0 Å². The van der Waals surface area contributed by atoms with Gasteiger partial charge in [-0.1, -0.05) is 0 Å². The van der Waals surface area contributed by atoms with Crippen LogP contribution >= 0.6 is 0 Å². The molecule has 10 nitrogen and oxygen atoms in total. The van der Waals surface area contributed by atoms with Crippen molar-refractivity contribution in [3.63, 3.8) is 0 Å². The van der Waals surface area contributed by atoms with Gasteiger partial charge in [-0.15, -0.1) is 13.2 Å². The summed E-state index contributed by atoms with van der Waals surface area (Å²) >= 11 is 0. The van der Waals surface area contributed by atoms with Gasteiger partial charge in [0.25, 0.3) is 5.91 Å². The van der Waals surface area contributed by atoms with Gasteiger partial charge in [-0.3, -0.25) is 9.59 Å². The lowest BCUT2D eigenvalue weighted by Crippen LogP contribution is -2.54. The highest BCUT2D eigenvalue weighted by Crippen LogP contribution is 2.27. The van der Waals surface area contributed by atoms with Crippen LogP contribution in [0, 0.1) is 0 Å². The molecule has 13 heteroatoms. The maximum atomic E-state index is 12.2. The monoisotopic (exact) mass is 440 g/mol. The molecule has 1 aromatic heterocycles. The zero-order chi connectivity index (χ0) is 22.8. The van der Waals surface area contributed by atoms with E-state index in [0.717, 1.165) is 12.1 Å². The molecule has 166 valence electrons. The molecule has 1 saturated heterocycles. The first-order valence-electron chi connectivity index (χ1n) is 9.02. The summed E-state index contributed by atoms with van der Waals surface area (Å²) in [5.74, 6) is -0.961. The number of aromatic nitrogens is 2. The Labute approximate surface area is 174 Å². The minimum atomic E-state index is -4.76. The van der Waals surface area contributed by atoms with E-state index in [1.54, 1.807) is 4.90 Å². The van der Waals surface area contributed by atoms with Gasteiger partial charge in [0.1, 0.15) is 35.2 Å². The Balaban J connectivity index is 1.62. The Bertz CT molecular complexity index is 964. The Morgan fingerprint density at radius 2 is 1.77 bits per heavy atom. The van der Waals surface area contributed by atoms with Crippen LogP contribution in [0.25, 0.3) is 0 Å². The average molecular weight is 440 g/mol. The fourth-order valence-corrected chi connectivity index (χ4v) is 2.66. The van der Waals surface area contributed by atoms with Crippen LogP contribution in [0.1, 0.15) is 17.4 Å². The molecule has 0 unspecified atom stereocenters. The van der Waals surface area contributed by atoms with E-state index in [4.69, 9.17) is 16.2 Å². The number of nitrogens with two attached hydrogens (primary N) is 2. The Morgan fingerprint density at radius 1 is 1.16 bits per heavy atom. The van der Waals surface area contributed by atoms with Gasteiger partial charge in [0, 0.05) is 6.07 Å². The van der Waals surface area contributed by atoms with Gasteiger partial charge in [0.15, 0.2) is 0 Å². The van der Waals surface area contributed by atoms with E-state index in [2.05, 4.69) is 20.0 Å². The quantitative estimate of drug-likeness (QED) is 0.552. The molecule has 5 N–H and O–H groups in total. The number of hydrogen-bond donors (Lipinski definition) is 3. The lowest BCUT2D eigenvalue weighted by atomic mass is 10.2. The largest absolute Gasteiger partial charge is 0.573 e. The second-order valence-electron chi connectivity index (χ2n) is 6.74. The Hall–Kier alpha value is -3.77. The summed E-state index contributed by atoms with van der Waals surface area (Å²) in [6.07, 6.45) is -5.05. The molecular weight excluding hydrogens is 421 g/mol. The standard InChI is InChI=1S/C18H19F3N6O4/c1-9(15(22)28)24-14-6-13(16(23)29)25-17(26-14)27-7-12(8-27)30-10-2-4-11(5-3-10)31-18(19,20)21/h2-6,9,12H,7-8H2,1H3,(H2,22,28)(H2,23,29)(H,24,25,26)/t9-/m0/s1. The van der Waals surface area contributed by atoms with Gasteiger partial charge in [-0.2, -0.15) is 4.98 Å². The molecule has 0 radical (unpaired) electrons. The van der Waals surface area contributed by atoms with Crippen molar-refractivity contribution in [3.8, 4) is 11.5 Å². The summed E-state index contributed by atoms with van der Waals surface area (Å²) in [5.41, 5.74) is 10.5. The van der Waals surface area contributed by atoms with Crippen LogP contribution in [0.4, 0.5) is 24.9 Å². The van der Waals surface area contributed by atoms with E-state index >= 15 is 0 Å². The maximum Gasteiger partial charge on any atom is 0.573 e. The molecule has 3 rings (SSSR count). The normalized spacial score (nSPS) is 15.0. The SMILES string of the molecule is C[C@H](Nc1cc(C(N)=O)nc(N2CC(Oc3ccc(OC(F)(F)F)cc3)C2)n1)C(N)=O. The number of anilines is 2. The van der Waals surface area contributed by atoms with Crippen LogP contribution in [0.2, 0.25) is 0 Å². The summed E-state index contributed by atoms with van der Waals surface area (Å²) in [7, 11) is 0. The number of halogens is 3. The number of alkyl halides is 3. The minimum absolute atomic E-state index is 0.0474. The Kier molecular flexibility index (Phi) is 6.04. The van der Waals surface area contributed by atoms with Gasteiger partial charge < -0.3 is 31.2 Å². The maximum absolute atomic E-state index is 12.2. The third-order valence-corrected chi connectivity index (χ3v) is 4.25. The number of carbonyl (C=O) groups excluding carboxylic acids is 2. The number of rotatable bonds is 8. The summed E-state index contributed by atoms with van der Waals surface area (Å²) in [6, 6.07) is 5.60. The highest BCUT2D eigenvalue weighted by Gasteiger charge is 2.32. The molecule has 1 aromatic carbocycles. The minimum Gasteiger partial charge on any atom is -0.487 e. The predicted octanol–water partition coefficient (Wildman–Crippen LogP) is 1.03.